The lowest BCUT2D eigenvalue weighted by molar-refractivity contribution is 0.597. The van der Waals surface area contributed by atoms with Crippen LogP contribution in [-0.2, 0) is 10.0 Å². The first kappa shape index (κ1) is 12.3. The van der Waals surface area contributed by atoms with Crippen LogP contribution in [0.5, 0.6) is 0 Å². The standard InChI is InChI=1S/C8H18N4O2S/c1-2-10-8(12-7-3-4-7)11-5-6-15(9,13)14/h7H,2-6H2,1H3,(H2,9,13,14)(H2,10,11,12). The van der Waals surface area contributed by atoms with Gasteiger partial charge in [0.1, 0.15) is 0 Å². The van der Waals surface area contributed by atoms with Crippen LogP contribution in [0.2, 0.25) is 0 Å². The van der Waals surface area contributed by atoms with Crippen molar-refractivity contribution in [3.05, 3.63) is 0 Å². The largest absolute Gasteiger partial charge is 0.357 e. The Morgan fingerprint density at radius 2 is 2.20 bits per heavy atom. The smallest absolute Gasteiger partial charge is 0.210 e. The van der Waals surface area contributed by atoms with E-state index in [-0.39, 0.29) is 12.3 Å². The van der Waals surface area contributed by atoms with Crippen molar-refractivity contribution in [2.45, 2.75) is 25.8 Å². The summed E-state index contributed by atoms with van der Waals surface area (Å²) in [5.41, 5.74) is 0. The molecule has 0 radical (unpaired) electrons. The molecule has 0 aromatic carbocycles. The van der Waals surface area contributed by atoms with E-state index in [0.717, 1.165) is 19.4 Å². The molecule has 0 amide bonds. The first-order valence-corrected chi connectivity index (χ1v) is 6.78. The molecule has 0 saturated heterocycles. The molecule has 0 bridgehead atoms. The fourth-order valence-corrected chi connectivity index (χ4v) is 1.37. The molecule has 4 N–H and O–H groups in total. The summed E-state index contributed by atoms with van der Waals surface area (Å²) in [5, 5.41) is 11.1. The van der Waals surface area contributed by atoms with Gasteiger partial charge in [0.05, 0.1) is 12.3 Å². The van der Waals surface area contributed by atoms with Crippen molar-refractivity contribution in [3.63, 3.8) is 0 Å². The molecular weight excluding hydrogens is 216 g/mol. The first-order valence-electron chi connectivity index (χ1n) is 5.06. The molecule has 0 aliphatic heterocycles. The number of nitrogens with zero attached hydrogens (tertiary/aromatic N) is 1. The normalized spacial score (nSPS) is 17.6. The Hall–Kier alpha value is -0.820. The van der Waals surface area contributed by atoms with Gasteiger partial charge in [0.25, 0.3) is 0 Å². The summed E-state index contributed by atoms with van der Waals surface area (Å²) in [5.74, 6) is 0.553. The van der Waals surface area contributed by atoms with Crippen molar-refractivity contribution in [2.24, 2.45) is 10.1 Å². The van der Waals surface area contributed by atoms with Gasteiger partial charge in [-0.15, -0.1) is 0 Å². The highest BCUT2D eigenvalue weighted by Gasteiger charge is 2.22. The minimum absolute atomic E-state index is 0.117. The number of hydrogen-bond acceptors (Lipinski definition) is 3. The average Bonchev–Trinajstić information content (AvgIpc) is 2.86. The van der Waals surface area contributed by atoms with Crippen molar-refractivity contribution in [3.8, 4) is 0 Å². The number of rotatable bonds is 5. The Balaban J connectivity index is 2.35. The lowest BCUT2D eigenvalue weighted by Crippen LogP contribution is -2.39. The van der Waals surface area contributed by atoms with Crippen LogP contribution >= 0.6 is 0 Å². The molecule has 15 heavy (non-hydrogen) atoms. The summed E-state index contributed by atoms with van der Waals surface area (Å²) >= 11 is 0. The predicted octanol–water partition coefficient (Wildman–Crippen LogP) is -1.01. The number of hydrogen-bond donors (Lipinski definition) is 3. The molecule has 1 aliphatic carbocycles. The van der Waals surface area contributed by atoms with E-state index >= 15 is 0 Å². The number of aliphatic imine (C=N–C) groups is 1. The van der Waals surface area contributed by atoms with Crippen LogP contribution in [0.3, 0.4) is 0 Å². The zero-order valence-corrected chi connectivity index (χ0v) is 9.68. The second-order valence-electron chi connectivity index (χ2n) is 3.55. The molecule has 1 fully saturated rings. The van der Waals surface area contributed by atoms with Crippen molar-refractivity contribution in [1.82, 2.24) is 10.6 Å². The SMILES string of the molecule is CCNC(=NCCS(N)(=O)=O)NC1CC1. The van der Waals surface area contributed by atoms with Crippen LogP contribution in [0, 0.1) is 0 Å². The van der Waals surface area contributed by atoms with Gasteiger partial charge >= 0.3 is 0 Å². The van der Waals surface area contributed by atoms with E-state index in [0.29, 0.717) is 12.0 Å². The molecule has 0 aromatic rings. The summed E-state index contributed by atoms with van der Waals surface area (Å²) in [6.07, 6.45) is 2.30. The zero-order chi connectivity index (χ0) is 11.3. The molecule has 0 atom stereocenters. The van der Waals surface area contributed by atoms with E-state index in [1.165, 1.54) is 0 Å². The van der Waals surface area contributed by atoms with E-state index in [9.17, 15) is 8.42 Å². The Morgan fingerprint density at radius 3 is 2.67 bits per heavy atom. The number of sulfonamides is 1. The van der Waals surface area contributed by atoms with Crippen LogP contribution in [0.25, 0.3) is 0 Å². The van der Waals surface area contributed by atoms with Gasteiger partial charge < -0.3 is 10.6 Å². The number of primary sulfonamides is 1. The van der Waals surface area contributed by atoms with E-state index in [4.69, 9.17) is 5.14 Å². The minimum atomic E-state index is -3.41. The summed E-state index contributed by atoms with van der Waals surface area (Å²) in [6, 6.07) is 0.497. The van der Waals surface area contributed by atoms with Gasteiger partial charge in [-0.05, 0) is 19.8 Å². The van der Waals surface area contributed by atoms with Gasteiger partial charge in [-0.2, -0.15) is 0 Å². The third-order valence-electron chi connectivity index (χ3n) is 1.91. The van der Waals surface area contributed by atoms with E-state index in [1.54, 1.807) is 0 Å². The molecule has 1 saturated carbocycles. The second kappa shape index (κ2) is 5.32. The molecule has 88 valence electrons. The summed E-state index contributed by atoms with van der Waals surface area (Å²) in [7, 11) is -3.41. The Bertz CT molecular complexity index is 322. The number of nitrogens with two attached hydrogens (primary N) is 1. The van der Waals surface area contributed by atoms with Gasteiger partial charge in [-0.1, -0.05) is 0 Å². The van der Waals surface area contributed by atoms with Crippen molar-refractivity contribution < 1.29 is 8.42 Å². The molecule has 0 aromatic heterocycles. The fraction of sp³-hybridized carbons (Fsp3) is 0.875. The van der Waals surface area contributed by atoms with Gasteiger partial charge in [-0.3, -0.25) is 4.99 Å². The highest BCUT2D eigenvalue weighted by atomic mass is 32.2. The second-order valence-corrected chi connectivity index (χ2v) is 5.28. The minimum Gasteiger partial charge on any atom is -0.357 e. The van der Waals surface area contributed by atoms with Crippen LogP contribution in [0.1, 0.15) is 19.8 Å². The monoisotopic (exact) mass is 234 g/mol. The summed E-state index contributed by atoms with van der Waals surface area (Å²) < 4.78 is 21.3. The Morgan fingerprint density at radius 1 is 1.53 bits per heavy atom. The molecule has 6 nitrogen and oxygen atoms in total. The predicted molar refractivity (Wildman–Crippen MR) is 60.1 cm³/mol. The topological polar surface area (TPSA) is 96.6 Å². The number of guanidine groups is 1. The highest BCUT2D eigenvalue weighted by Crippen LogP contribution is 2.18. The van der Waals surface area contributed by atoms with E-state index in [2.05, 4.69) is 15.6 Å². The van der Waals surface area contributed by atoms with E-state index in [1.807, 2.05) is 6.92 Å². The molecular formula is C8H18N4O2S. The maximum atomic E-state index is 10.7. The van der Waals surface area contributed by atoms with Crippen LogP contribution in [-0.4, -0.2) is 39.3 Å². The molecule has 0 unspecified atom stereocenters. The molecule has 0 spiro atoms. The fourth-order valence-electron chi connectivity index (χ4n) is 1.03. The maximum absolute atomic E-state index is 10.7. The molecule has 1 aliphatic rings. The summed E-state index contributed by atoms with van der Waals surface area (Å²) in [6.45, 7) is 2.92. The summed E-state index contributed by atoms with van der Waals surface area (Å²) in [4.78, 5) is 4.11. The maximum Gasteiger partial charge on any atom is 0.210 e. The number of nitrogens with one attached hydrogen (secondary N) is 2. The average molecular weight is 234 g/mol. The molecule has 1 rings (SSSR count). The van der Waals surface area contributed by atoms with Crippen molar-refractivity contribution in [2.75, 3.05) is 18.8 Å². The van der Waals surface area contributed by atoms with Crippen molar-refractivity contribution >= 4 is 16.0 Å². The molecule has 7 heteroatoms. The Labute approximate surface area is 90.4 Å². The third kappa shape index (κ3) is 6.29. The highest BCUT2D eigenvalue weighted by molar-refractivity contribution is 7.89. The lowest BCUT2D eigenvalue weighted by atomic mass is 10.6. The van der Waals surface area contributed by atoms with Crippen LogP contribution in [0.15, 0.2) is 4.99 Å². The lowest BCUT2D eigenvalue weighted by Gasteiger charge is -2.09. The van der Waals surface area contributed by atoms with E-state index < -0.39 is 10.0 Å². The third-order valence-corrected chi connectivity index (χ3v) is 2.66. The van der Waals surface area contributed by atoms with Gasteiger partial charge in [-0.25, -0.2) is 13.6 Å². The zero-order valence-electron chi connectivity index (χ0n) is 8.86. The first-order chi connectivity index (χ1) is 7.01. The molecule has 0 heterocycles. The van der Waals surface area contributed by atoms with Crippen molar-refractivity contribution in [1.29, 1.82) is 0 Å². The Kier molecular flexibility index (Phi) is 4.34. The van der Waals surface area contributed by atoms with Gasteiger partial charge in [0.2, 0.25) is 10.0 Å². The van der Waals surface area contributed by atoms with Crippen LogP contribution in [0.4, 0.5) is 0 Å². The van der Waals surface area contributed by atoms with Crippen LogP contribution < -0.4 is 15.8 Å². The van der Waals surface area contributed by atoms with Gasteiger partial charge in [0, 0.05) is 12.6 Å². The quantitative estimate of drug-likeness (QED) is 0.419. The van der Waals surface area contributed by atoms with Gasteiger partial charge in [0.15, 0.2) is 5.96 Å².